The summed E-state index contributed by atoms with van der Waals surface area (Å²) in [6.45, 7) is 1.27. The maximum atomic E-state index is 11.1. The van der Waals surface area contributed by atoms with E-state index in [1.807, 2.05) is 30.3 Å². The summed E-state index contributed by atoms with van der Waals surface area (Å²) in [5.74, 6) is 2.08. The number of β-amino-alcohol motifs (C(OH)–C–C–N with tert-alkyl or cyclic N) is 1. The van der Waals surface area contributed by atoms with Gasteiger partial charge >= 0.3 is 0 Å². The largest absolute Gasteiger partial charge is 0.493 e. The van der Waals surface area contributed by atoms with E-state index in [0.717, 1.165) is 28.8 Å². The van der Waals surface area contributed by atoms with E-state index in [9.17, 15) is 5.11 Å². The van der Waals surface area contributed by atoms with Crippen LogP contribution in [-0.2, 0) is 6.42 Å². The van der Waals surface area contributed by atoms with Gasteiger partial charge in [-0.2, -0.15) is 0 Å². The van der Waals surface area contributed by atoms with Gasteiger partial charge in [0.25, 0.3) is 0 Å². The number of hydrogen-bond donors (Lipinski definition) is 1. The molecule has 1 aliphatic heterocycles. The van der Waals surface area contributed by atoms with E-state index in [2.05, 4.69) is 27.0 Å². The molecule has 1 atom stereocenters. The van der Waals surface area contributed by atoms with Crippen LogP contribution in [-0.4, -0.2) is 48.0 Å². The molecule has 1 saturated heterocycles. The van der Waals surface area contributed by atoms with Gasteiger partial charge in [-0.1, -0.05) is 30.3 Å². The van der Waals surface area contributed by atoms with Crippen LogP contribution in [0.2, 0.25) is 0 Å². The van der Waals surface area contributed by atoms with Crippen molar-refractivity contribution in [3.05, 3.63) is 54.4 Å². The van der Waals surface area contributed by atoms with Crippen molar-refractivity contribution in [2.24, 2.45) is 0 Å². The minimum absolute atomic E-state index is 0.530. The van der Waals surface area contributed by atoms with Gasteiger partial charge in [0.15, 0.2) is 11.5 Å². The summed E-state index contributed by atoms with van der Waals surface area (Å²) in [6, 6.07) is 13.9. The number of fused-ring (bicyclic) bond motifs is 1. The first-order valence-corrected chi connectivity index (χ1v) is 9.00. The van der Waals surface area contributed by atoms with Crippen molar-refractivity contribution >= 4 is 16.7 Å². The minimum atomic E-state index is -0.769. The average molecular weight is 365 g/mol. The van der Waals surface area contributed by atoms with Crippen LogP contribution < -0.4 is 14.4 Å². The Balaban J connectivity index is 1.65. The number of aliphatic hydroxyl groups is 1. The van der Waals surface area contributed by atoms with Crippen LogP contribution in [0.4, 0.5) is 5.82 Å². The monoisotopic (exact) mass is 365 g/mol. The van der Waals surface area contributed by atoms with Crippen molar-refractivity contribution in [2.75, 3.05) is 32.2 Å². The molecule has 0 spiro atoms. The molecule has 0 amide bonds. The van der Waals surface area contributed by atoms with Crippen LogP contribution in [0.25, 0.3) is 10.9 Å². The molecule has 4 rings (SSSR count). The summed E-state index contributed by atoms with van der Waals surface area (Å²) in [7, 11) is 3.22. The molecule has 6 nitrogen and oxygen atoms in total. The lowest BCUT2D eigenvalue weighted by Crippen LogP contribution is -2.35. The fourth-order valence-electron chi connectivity index (χ4n) is 3.78. The second-order valence-electron chi connectivity index (χ2n) is 6.98. The van der Waals surface area contributed by atoms with Crippen molar-refractivity contribution in [1.29, 1.82) is 0 Å². The Morgan fingerprint density at radius 1 is 1.07 bits per heavy atom. The number of hydrogen-bond acceptors (Lipinski definition) is 6. The number of ether oxygens (including phenoxy) is 2. The molecular formula is C21H23N3O3. The summed E-state index contributed by atoms with van der Waals surface area (Å²) < 4.78 is 10.8. The fraction of sp³-hybridized carbons (Fsp3) is 0.333. The van der Waals surface area contributed by atoms with E-state index in [4.69, 9.17) is 9.47 Å². The number of methoxy groups -OCH3 is 2. The molecule has 0 bridgehead atoms. The lowest BCUT2D eigenvalue weighted by atomic mass is 9.94. The summed E-state index contributed by atoms with van der Waals surface area (Å²) >= 11 is 0. The predicted molar refractivity (Wildman–Crippen MR) is 105 cm³/mol. The van der Waals surface area contributed by atoms with Crippen molar-refractivity contribution in [1.82, 2.24) is 9.97 Å². The van der Waals surface area contributed by atoms with E-state index in [-0.39, 0.29) is 0 Å². The molecule has 1 aliphatic rings. The van der Waals surface area contributed by atoms with Gasteiger partial charge in [0.2, 0.25) is 0 Å². The predicted octanol–water partition coefficient (Wildman–Crippen LogP) is 2.83. The van der Waals surface area contributed by atoms with Gasteiger partial charge in [0.1, 0.15) is 12.1 Å². The zero-order valence-corrected chi connectivity index (χ0v) is 15.6. The molecule has 1 fully saturated rings. The molecule has 3 aromatic rings. The molecule has 0 aliphatic carbocycles. The highest BCUT2D eigenvalue weighted by atomic mass is 16.5. The number of aromatic nitrogens is 2. The number of anilines is 1. The first-order chi connectivity index (χ1) is 13.1. The molecule has 6 heteroatoms. The maximum absolute atomic E-state index is 11.1. The van der Waals surface area contributed by atoms with Crippen LogP contribution in [0, 0.1) is 0 Å². The Morgan fingerprint density at radius 2 is 1.81 bits per heavy atom. The Morgan fingerprint density at radius 3 is 2.56 bits per heavy atom. The van der Waals surface area contributed by atoms with Crippen LogP contribution >= 0.6 is 0 Å². The van der Waals surface area contributed by atoms with Gasteiger partial charge < -0.3 is 19.5 Å². The van der Waals surface area contributed by atoms with Crippen molar-refractivity contribution in [3.8, 4) is 11.5 Å². The molecule has 1 aromatic heterocycles. The second kappa shape index (κ2) is 7.04. The van der Waals surface area contributed by atoms with Gasteiger partial charge in [0, 0.05) is 31.0 Å². The zero-order valence-electron chi connectivity index (χ0n) is 15.6. The van der Waals surface area contributed by atoms with E-state index in [1.54, 1.807) is 20.5 Å². The lowest BCUT2D eigenvalue weighted by Gasteiger charge is -2.24. The molecule has 0 radical (unpaired) electrons. The summed E-state index contributed by atoms with van der Waals surface area (Å²) in [6.07, 6.45) is 2.88. The smallest absolute Gasteiger partial charge is 0.162 e. The van der Waals surface area contributed by atoms with E-state index < -0.39 is 5.60 Å². The molecule has 140 valence electrons. The highest BCUT2D eigenvalue weighted by Gasteiger charge is 2.37. The average Bonchev–Trinajstić information content (AvgIpc) is 3.08. The molecule has 2 aromatic carbocycles. The van der Waals surface area contributed by atoms with Gasteiger partial charge in [-0.3, -0.25) is 0 Å². The van der Waals surface area contributed by atoms with Crippen LogP contribution in [0.5, 0.6) is 11.5 Å². The Hall–Kier alpha value is -2.86. The van der Waals surface area contributed by atoms with Gasteiger partial charge in [-0.25, -0.2) is 9.97 Å². The van der Waals surface area contributed by atoms with E-state index in [1.165, 1.54) is 0 Å². The standard InChI is InChI=1S/C21H23N3O3/c1-26-18-10-16-17(11-19(18)27-2)22-14-23-20(16)24-9-8-21(25,13-24)12-15-6-4-3-5-7-15/h3-7,10-11,14,25H,8-9,12-13H2,1-2H3. The summed E-state index contributed by atoms with van der Waals surface area (Å²) in [5, 5.41) is 12.0. The first kappa shape index (κ1) is 17.5. The molecule has 2 heterocycles. The van der Waals surface area contributed by atoms with Gasteiger partial charge in [-0.15, -0.1) is 0 Å². The quantitative estimate of drug-likeness (QED) is 0.750. The van der Waals surface area contributed by atoms with Gasteiger partial charge in [-0.05, 0) is 18.1 Å². The third-order valence-corrected chi connectivity index (χ3v) is 5.13. The number of nitrogens with zero attached hydrogens (tertiary/aromatic N) is 3. The van der Waals surface area contributed by atoms with E-state index in [0.29, 0.717) is 30.9 Å². The van der Waals surface area contributed by atoms with Gasteiger partial charge in [0.05, 0.1) is 25.3 Å². The third kappa shape index (κ3) is 3.40. The highest BCUT2D eigenvalue weighted by Crippen LogP contribution is 2.37. The highest BCUT2D eigenvalue weighted by molar-refractivity contribution is 5.92. The SMILES string of the molecule is COc1cc2ncnc(N3CCC(O)(Cc4ccccc4)C3)c2cc1OC. The Kier molecular flexibility index (Phi) is 4.58. The number of rotatable bonds is 5. The topological polar surface area (TPSA) is 67.7 Å². The van der Waals surface area contributed by atoms with Crippen molar-refractivity contribution in [2.45, 2.75) is 18.4 Å². The minimum Gasteiger partial charge on any atom is -0.493 e. The third-order valence-electron chi connectivity index (χ3n) is 5.13. The van der Waals surface area contributed by atoms with Crippen LogP contribution in [0.3, 0.4) is 0 Å². The summed E-state index contributed by atoms with van der Waals surface area (Å²) in [4.78, 5) is 11.0. The first-order valence-electron chi connectivity index (χ1n) is 9.00. The van der Waals surface area contributed by atoms with E-state index >= 15 is 0 Å². The fourth-order valence-corrected chi connectivity index (χ4v) is 3.78. The molecule has 1 unspecified atom stereocenters. The second-order valence-corrected chi connectivity index (χ2v) is 6.98. The molecular weight excluding hydrogens is 342 g/mol. The van der Waals surface area contributed by atoms with Crippen molar-refractivity contribution < 1.29 is 14.6 Å². The Labute approximate surface area is 158 Å². The normalized spacial score (nSPS) is 19.4. The lowest BCUT2D eigenvalue weighted by molar-refractivity contribution is 0.0637. The molecule has 1 N–H and O–H groups in total. The van der Waals surface area contributed by atoms with Crippen LogP contribution in [0.15, 0.2) is 48.8 Å². The van der Waals surface area contributed by atoms with Crippen LogP contribution in [0.1, 0.15) is 12.0 Å². The zero-order chi connectivity index (χ0) is 18.9. The number of benzene rings is 2. The van der Waals surface area contributed by atoms with Crippen molar-refractivity contribution in [3.63, 3.8) is 0 Å². The molecule has 0 saturated carbocycles. The summed E-state index contributed by atoms with van der Waals surface area (Å²) in [5.41, 5.74) is 1.16. The maximum Gasteiger partial charge on any atom is 0.162 e. The molecule has 27 heavy (non-hydrogen) atoms. The Bertz CT molecular complexity index is 948.